The molecule has 0 aliphatic carbocycles. The summed E-state index contributed by atoms with van der Waals surface area (Å²) in [4.78, 5) is 16.7. The summed E-state index contributed by atoms with van der Waals surface area (Å²) >= 11 is -0.750. The van der Waals surface area contributed by atoms with Crippen LogP contribution in [0.15, 0.2) is 72.8 Å². The van der Waals surface area contributed by atoms with Crippen LogP contribution >= 0.6 is 0 Å². The Hall–Kier alpha value is -2.98. The number of hydrogen-bond donors (Lipinski definition) is 2. The molecule has 0 aliphatic heterocycles. The summed E-state index contributed by atoms with van der Waals surface area (Å²) in [6.07, 6.45) is 1.50. The van der Waals surface area contributed by atoms with Gasteiger partial charge in [-0.1, -0.05) is 72.8 Å². The highest BCUT2D eigenvalue weighted by molar-refractivity contribution is 7.51. The lowest BCUT2D eigenvalue weighted by atomic mass is 10.4. The van der Waals surface area contributed by atoms with E-state index in [2.05, 4.69) is 0 Å². The minimum Gasteiger partial charge on any atom is -0.222 e. The average molecular weight is 306 g/mol. The first-order chi connectivity index (χ1) is 10.2. The second-order valence-electron chi connectivity index (χ2n) is 2.58. The standard InChI is InChI=1S/2C6H6.2CHNO.O2S/c2*1-2-4-6-5-3-1;2*2-1-3;1-3-2/h2*1-6H;2*2H;. The van der Waals surface area contributed by atoms with E-state index >= 15 is 0 Å². The molecule has 0 atom stereocenters. The van der Waals surface area contributed by atoms with Gasteiger partial charge >= 0.3 is 11.6 Å². The van der Waals surface area contributed by atoms with Gasteiger partial charge in [0.05, 0.1) is 0 Å². The van der Waals surface area contributed by atoms with E-state index in [4.69, 9.17) is 28.8 Å². The number of carbonyl (C=O) groups excluding carboxylic acids is 2. The molecule has 6 nitrogen and oxygen atoms in total. The van der Waals surface area contributed by atoms with Crippen molar-refractivity contribution in [1.29, 1.82) is 10.8 Å². The number of benzene rings is 2. The van der Waals surface area contributed by atoms with E-state index in [1.165, 1.54) is 0 Å². The number of hydrogen-bond acceptors (Lipinski definition) is 6. The minimum atomic E-state index is -0.750. The molecule has 2 aromatic rings. The number of nitrogens with one attached hydrogen (secondary N) is 2. The largest absolute Gasteiger partial charge is 0.335 e. The summed E-state index contributed by atoms with van der Waals surface area (Å²) in [5.41, 5.74) is 0. The Morgan fingerprint density at radius 3 is 0.619 bits per heavy atom. The Morgan fingerprint density at radius 2 is 0.571 bits per heavy atom. The summed E-state index contributed by atoms with van der Waals surface area (Å²) in [5.74, 6) is 0. The molecule has 0 saturated heterocycles. The van der Waals surface area contributed by atoms with Crippen molar-refractivity contribution < 1.29 is 18.0 Å². The number of rotatable bonds is 0. The lowest BCUT2D eigenvalue weighted by Crippen LogP contribution is -1.47. The predicted molar refractivity (Wildman–Crippen MR) is 78.6 cm³/mol. The second-order valence-corrected chi connectivity index (χ2v) is 2.72. The van der Waals surface area contributed by atoms with Gasteiger partial charge in [-0.3, -0.25) is 0 Å². The highest BCUT2D eigenvalue weighted by Crippen LogP contribution is 1.80. The van der Waals surface area contributed by atoms with Crippen LogP contribution in [0.2, 0.25) is 0 Å². The van der Waals surface area contributed by atoms with Gasteiger partial charge in [-0.15, -0.1) is 0 Å². The van der Waals surface area contributed by atoms with Gasteiger partial charge in [0.25, 0.3) is 0 Å². The van der Waals surface area contributed by atoms with Crippen molar-refractivity contribution in [3.05, 3.63) is 72.8 Å². The molecule has 2 aromatic carbocycles. The van der Waals surface area contributed by atoms with Crippen molar-refractivity contribution in [3.8, 4) is 0 Å². The van der Waals surface area contributed by atoms with Crippen LogP contribution in [0.1, 0.15) is 0 Å². The zero-order valence-corrected chi connectivity index (χ0v) is 11.8. The van der Waals surface area contributed by atoms with Gasteiger partial charge in [0.15, 0.2) is 0 Å². The molecule has 2 N–H and O–H groups in total. The fraction of sp³-hybridized carbons (Fsp3) is 0. The molecule has 110 valence electrons. The Kier molecular flexibility index (Phi) is 33.3. The molecule has 0 bridgehead atoms. The molecule has 0 amide bonds. The fourth-order valence-corrected chi connectivity index (χ4v) is 0.770. The summed E-state index contributed by atoms with van der Waals surface area (Å²) < 4.78 is 16.6. The van der Waals surface area contributed by atoms with E-state index < -0.39 is 11.6 Å². The smallest absolute Gasteiger partial charge is 0.222 e. The van der Waals surface area contributed by atoms with Crippen LogP contribution in [-0.2, 0) is 21.2 Å². The maximum atomic E-state index is 8.35. The van der Waals surface area contributed by atoms with Crippen molar-refractivity contribution >= 4 is 23.7 Å². The SMILES string of the molecule is N=C=O.N=C=O.O=S=O.c1ccccc1.c1ccccc1. The third-order valence-corrected chi connectivity index (χ3v) is 1.33. The van der Waals surface area contributed by atoms with E-state index in [-0.39, 0.29) is 0 Å². The Bertz CT molecular complexity index is 390. The van der Waals surface area contributed by atoms with Crippen molar-refractivity contribution in [3.63, 3.8) is 0 Å². The predicted octanol–water partition coefficient (Wildman–Crippen LogP) is 2.50. The molecule has 0 aliphatic rings. The molecule has 0 radical (unpaired) electrons. The summed E-state index contributed by atoms with van der Waals surface area (Å²) in [7, 11) is 0. The van der Waals surface area contributed by atoms with Crippen LogP contribution in [0.25, 0.3) is 0 Å². The summed E-state index contributed by atoms with van der Waals surface area (Å²) in [5, 5.41) is 10.8. The molecule has 0 fully saturated rings. The molecule has 0 spiro atoms. The minimum absolute atomic E-state index is 0.750. The van der Waals surface area contributed by atoms with Gasteiger partial charge in [-0.05, 0) is 0 Å². The van der Waals surface area contributed by atoms with E-state index in [0.29, 0.717) is 0 Å². The van der Waals surface area contributed by atoms with Crippen LogP contribution in [0.4, 0.5) is 0 Å². The topological polar surface area (TPSA) is 116 Å². The molecular weight excluding hydrogens is 292 g/mol. The highest BCUT2D eigenvalue weighted by Gasteiger charge is 1.58. The van der Waals surface area contributed by atoms with Crippen LogP contribution in [-0.4, -0.2) is 20.6 Å². The van der Waals surface area contributed by atoms with Crippen molar-refractivity contribution in [2.24, 2.45) is 0 Å². The third-order valence-electron chi connectivity index (χ3n) is 1.33. The van der Waals surface area contributed by atoms with Crippen LogP contribution in [0, 0.1) is 10.8 Å². The van der Waals surface area contributed by atoms with E-state index in [1.807, 2.05) is 72.8 Å². The third kappa shape index (κ3) is 47.2. The van der Waals surface area contributed by atoms with Gasteiger partial charge in [0, 0.05) is 0 Å². The molecule has 7 heteroatoms. The fourth-order valence-electron chi connectivity index (χ4n) is 0.770. The molecule has 2 rings (SSSR count). The first kappa shape index (κ1) is 23.1. The molecule has 0 aromatic heterocycles. The zero-order chi connectivity index (χ0) is 16.6. The summed E-state index contributed by atoms with van der Waals surface area (Å²) in [6.45, 7) is 0. The van der Waals surface area contributed by atoms with Gasteiger partial charge in [0.1, 0.15) is 0 Å². The van der Waals surface area contributed by atoms with E-state index in [1.54, 1.807) is 0 Å². The lowest BCUT2D eigenvalue weighted by Gasteiger charge is -1.69. The van der Waals surface area contributed by atoms with Gasteiger partial charge in [-0.2, -0.15) is 8.42 Å². The zero-order valence-electron chi connectivity index (χ0n) is 11.0. The van der Waals surface area contributed by atoms with Crippen LogP contribution in [0.3, 0.4) is 0 Å². The van der Waals surface area contributed by atoms with Gasteiger partial charge in [0.2, 0.25) is 12.2 Å². The Morgan fingerprint density at radius 1 is 0.524 bits per heavy atom. The normalized spacial score (nSPS) is 5.90. The van der Waals surface area contributed by atoms with Crippen LogP contribution in [0.5, 0.6) is 0 Å². The van der Waals surface area contributed by atoms with Crippen LogP contribution < -0.4 is 0 Å². The molecule has 21 heavy (non-hydrogen) atoms. The molecule has 0 heterocycles. The lowest BCUT2D eigenvalue weighted by molar-refractivity contribution is 0.562. The first-order valence-corrected chi connectivity index (χ1v) is 5.91. The summed E-state index contributed by atoms with van der Waals surface area (Å²) in [6, 6.07) is 24.0. The quantitative estimate of drug-likeness (QED) is 0.574. The maximum absolute atomic E-state index is 8.35. The van der Waals surface area contributed by atoms with Gasteiger partial charge in [-0.25, -0.2) is 20.4 Å². The molecule has 0 unspecified atom stereocenters. The van der Waals surface area contributed by atoms with Crippen molar-refractivity contribution in [1.82, 2.24) is 0 Å². The van der Waals surface area contributed by atoms with Crippen molar-refractivity contribution in [2.45, 2.75) is 0 Å². The number of isocyanates is 2. The van der Waals surface area contributed by atoms with Gasteiger partial charge < -0.3 is 0 Å². The molecule has 0 saturated carbocycles. The maximum Gasteiger partial charge on any atom is 0.335 e. The second kappa shape index (κ2) is 30.2. The van der Waals surface area contributed by atoms with E-state index in [9.17, 15) is 0 Å². The Balaban J connectivity index is -0.000000204. The molecular formula is C14H14N2O4S. The average Bonchev–Trinajstić information content (AvgIpc) is 2.54. The Labute approximate surface area is 126 Å². The first-order valence-electron chi connectivity index (χ1n) is 5.24. The van der Waals surface area contributed by atoms with Crippen molar-refractivity contribution in [2.75, 3.05) is 0 Å². The highest BCUT2D eigenvalue weighted by atomic mass is 32.1. The van der Waals surface area contributed by atoms with E-state index in [0.717, 1.165) is 12.2 Å². The monoisotopic (exact) mass is 306 g/mol.